The van der Waals surface area contributed by atoms with Gasteiger partial charge in [-0.05, 0) is 48.2 Å². The maximum atomic E-state index is 12.8. The second-order valence-corrected chi connectivity index (χ2v) is 9.18. The van der Waals surface area contributed by atoms with Gasteiger partial charge in [0, 0.05) is 42.8 Å². The topological polar surface area (TPSA) is 44.8 Å². The van der Waals surface area contributed by atoms with Gasteiger partial charge in [-0.3, -0.25) is 9.69 Å². The summed E-state index contributed by atoms with van der Waals surface area (Å²) in [6.07, 6.45) is 0.368. The number of nitrogens with one attached hydrogen (secondary N) is 1. The van der Waals surface area contributed by atoms with E-state index in [1.165, 1.54) is 10.6 Å². The smallest absolute Gasteiger partial charge is 0.224 e. The summed E-state index contributed by atoms with van der Waals surface area (Å²) in [7, 11) is 1.65. The second kappa shape index (κ2) is 10.7. The average molecular weight is 450 g/mol. The van der Waals surface area contributed by atoms with E-state index in [0.717, 1.165) is 37.5 Å². The third-order valence-corrected chi connectivity index (χ3v) is 6.99. The molecule has 0 saturated carbocycles. The van der Waals surface area contributed by atoms with E-state index in [1.54, 1.807) is 18.4 Å². The zero-order chi connectivity index (χ0) is 22.3. The van der Waals surface area contributed by atoms with Crippen LogP contribution in [0.25, 0.3) is 0 Å². The van der Waals surface area contributed by atoms with Crippen molar-refractivity contribution in [2.45, 2.75) is 25.4 Å². The number of nitrogens with zero attached hydrogens (tertiary/aromatic N) is 2. The molecule has 1 saturated heterocycles. The van der Waals surface area contributed by atoms with Crippen molar-refractivity contribution in [2.24, 2.45) is 0 Å². The molecule has 1 aromatic heterocycles. The molecule has 1 N–H and O–H groups in total. The van der Waals surface area contributed by atoms with E-state index < -0.39 is 0 Å². The highest BCUT2D eigenvalue weighted by atomic mass is 32.1. The van der Waals surface area contributed by atoms with Crippen LogP contribution in [0.5, 0.6) is 5.75 Å². The molecule has 3 aromatic rings. The second-order valence-electron chi connectivity index (χ2n) is 8.20. The van der Waals surface area contributed by atoms with Gasteiger partial charge >= 0.3 is 0 Å². The molecule has 32 heavy (non-hydrogen) atoms. The highest BCUT2D eigenvalue weighted by Crippen LogP contribution is 2.30. The number of para-hydroxylation sites is 1. The summed E-state index contributed by atoms with van der Waals surface area (Å²) < 4.78 is 5.21. The third kappa shape index (κ3) is 5.50. The van der Waals surface area contributed by atoms with Crippen LogP contribution in [0.2, 0.25) is 0 Å². The SMILES string of the molecule is COc1ccc(CC(=O)N[C@@H](C)[C@H](c2cccs2)N2CCN(c3ccccc3)CC2)cc1. The summed E-state index contributed by atoms with van der Waals surface area (Å²) in [6, 6.07) is 22.8. The van der Waals surface area contributed by atoms with Crippen LogP contribution in [0.15, 0.2) is 72.1 Å². The molecule has 1 amide bonds. The van der Waals surface area contributed by atoms with Gasteiger partial charge in [0.1, 0.15) is 5.75 Å². The Kier molecular flexibility index (Phi) is 7.45. The first kappa shape index (κ1) is 22.4. The summed E-state index contributed by atoms with van der Waals surface area (Å²) in [4.78, 5) is 19.1. The van der Waals surface area contributed by atoms with Crippen molar-refractivity contribution in [1.29, 1.82) is 0 Å². The number of benzene rings is 2. The molecule has 1 aliphatic heterocycles. The summed E-state index contributed by atoms with van der Waals surface area (Å²) in [5.41, 5.74) is 2.26. The number of thiophene rings is 1. The minimum Gasteiger partial charge on any atom is -0.497 e. The fourth-order valence-electron chi connectivity index (χ4n) is 4.41. The summed E-state index contributed by atoms with van der Waals surface area (Å²) >= 11 is 1.76. The van der Waals surface area contributed by atoms with E-state index >= 15 is 0 Å². The molecular formula is C26H31N3O2S. The first-order chi connectivity index (χ1) is 15.6. The van der Waals surface area contributed by atoms with Crippen molar-refractivity contribution in [3.8, 4) is 5.75 Å². The molecule has 0 spiro atoms. The normalized spacial score (nSPS) is 16.4. The molecule has 0 radical (unpaired) electrons. The van der Waals surface area contributed by atoms with Gasteiger partial charge in [-0.15, -0.1) is 11.3 Å². The number of hydrogen-bond acceptors (Lipinski definition) is 5. The van der Waals surface area contributed by atoms with Gasteiger partial charge in [0.15, 0.2) is 0 Å². The molecule has 0 aliphatic carbocycles. The standard InChI is InChI=1S/C26H31N3O2S/c1-20(27-25(30)19-21-10-12-23(31-2)13-11-21)26(24-9-6-18-32-24)29-16-14-28(15-17-29)22-7-4-3-5-8-22/h3-13,18,20,26H,14-17,19H2,1-2H3,(H,27,30)/t20-,26+/m0/s1. The van der Waals surface area contributed by atoms with Gasteiger partial charge in [-0.2, -0.15) is 0 Å². The molecule has 0 unspecified atom stereocenters. The first-order valence-electron chi connectivity index (χ1n) is 11.1. The maximum Gasteiger partial charge on any atom is 0.224 e. The monoisotopic (exact) mass is 449 g/mol. The van der Waals surface area contributed by atoms with Crippen LogP contribution in [0.1, 0.15) is 23.4 Å². The summed E-state index contributed by atoms with van der Waals surface area (Å²) in [6.45, 7) is 6.03. The van der Waals surface area contributed by atoms with Gasteiger partial charge < -0.3 is 15.0 Å². The average Bonchev–Trinajstić information content (AvgIpc) is 3.35. The molecule has 2 atom stereocenters. The lowest BCUT2D eigenvalue weighted by atomic mass is 10.0. The van der Waals surface area contributed by atoms with Crippen LogP contribution < -0.4 is 15.0 Å². The number of ether oxygens (including phenoxy) is 1. The Balaban J connectivity index is 1.40. The van der Waals surface area contributed by atoms with Crippen LogP contribution in [0.4, 0.5) is 5.69 Å². The number of hydrogen-bond donors (Lipinski definition) is 1. The fourth-order valence-corrected chi connectivity index (χ4v) is 5.38. The largest absolute Gasteiger partial charge is 0.497 e. The third-order valence-electron chi connectivity index (χ3n) is 6.05. The van der Waals surface area contributed by atoms with Crippen LogP contribution >= 0.6 is 11.3 Å². The number of amides is 1. The maximum absolute atomic E-state index is 12.8. The van der Waals surface area contributed by atoms with Crippen molar-refractivity contribution in [1.82, 2.24) is 10.2 Å². The van der Waals surface area contributed by atoms with E-state index in [2.05, 4.69) is 69.9 Å². The first-order valence-corrected chi connectivity index (χ1v) is 12.0. The van der Waals surface area contributed by atoms with Crippen LogP contribution in [-0.4, -0.2) is 50.1 Å². The van der Waals surface area contributed by atoms with Crippen molar-refractivity contribution in [3.05, 3.63) is 82.6 Å². The molecule has 5 nitrogen and oxygen atoms in total. The predicted octanol–water partition coefficient (Wildman–Crippen LogP) is 4.37. The molecule has 0 bridgehead atoms. The Hall–Kier alpha value is -2.83. The van der Waals surface area contributed by atoms with E-state index in [-0.39, 0.29) is 18.0 Å². The number of rotatable bonds is 8. The fraction of sp³-hybridized carbons (Fsp3) is 0.346. The molecule has 6 heteroatoms. The van der Waals surface area contributed by atoms with Crippen molar-refractivity contribution in [3.63, 3.8) is 0 Å². The summed E-state index contributed by atoms with van der Waals surface area (Å²) in [5.74, 6) is 0.849. The van der Waals surface area contributed by atoms with E-state index in [1.807, 2.05) is 24.3 Å². The quantitative estimate of drug-likeness (QED) is 0.555. The number of carbonyl (C=O) groups excluding carboxylic acids is 1. The van der Waals surface area contributed by atoms with Crippen LogP contribution in [0, 0.1) is 0 Å². The number of methoxy groups -OCH3 is 1. The van der Waals surface area contributed by atoms with Crippen LogP contribution in [-0.2, 0) is 11.2 Å². The molecule has 1 aliphatic rings. The molecular weight excluding hydrogens is 418 g/mol. The van der Waals surface area contributed by atoms with E-state index in [0.29, 0.717) is 6.42 Å². The molecule has 2 heterocycles. The van der Waals surface area contributed by atoms with Crippen LogP contribution in [0.3, 0.4) is 0 Å². The molecule has 1 fully saturated rings. The Labute approximate surface area is 194 Å². The van der Waals surface area contributed by atoms with Gasteiger partial charge in [0.05, 0.1) is 19.6 Å². The van der Waals surface area contributed by atoms with Crippen molar-refractivity contribution in [2.75, 3.05) is 38.2 Å². The zero-order valence-electron chi connectivity index (χ0n) is 18.7. The number of piperazine rings is 1. The van der Waals surface area contributed by atoms with E-state index in [9.17, 15) is 4.79 Å². The minimum atomic E-state index is 0.0164. The highest BCUT2D eigenvalue weighted by molar-refractivity contribution is 7.10. The lowest BCUT2D eigenvalue weighted by Gasteiger charge is -2.42. The molecule has 2 aromatic carbocycles. The molecule has 4 rings (SSSR count). The van der Waals surface area contributed by atoms with Gasteiger partial charge in [-0.1, -0.05) is 36.4 Å². The minimum absolute atomic E-state index is 0.0164. The Morgan fingerprint density at radius 2 is 1.72 bits per heavy atom. The lowest BCUT2D eigenvalue weighted by Crippen LogP contribution is -2.52. The lowest BCUT2D eigenvalue weighted by molar-refractivity contribution is -0.121. The van der Waals surface area contributed by atoms with Crippen molar-refractivity contribution >= 4 is 22.9 Å². The van der Waals surface area contributed by atoms with Gasteiger partial charge in [0.25, 0.3) is 0 Å². The zero-order valence-corrected chi connectivity index (χ0v) is 19.6. The van der Waals surface area contributed by atoms with Crippen molar-refractivity contribution < 1.29 is 9.53 Å². The van der Waals surface area contributed by atoms with Gasteiger partial charge in [-0.25, -0.2) is 0 Å². The Morgan fingerprint density at radius 3 is 2.34 bits per heavy atom. The van der Waals surface area contributed by atoms with Gasteiger partial charge in [0.2, 0.25) is 5.91 Å². The van der Waals surface area contributed by atoms with E-state index in [4.69, 9.17) is 4.74 Å². The highest BCUT2D eigenvalue weighted by Gasteiger charge is 2.30. The number of carbonyl (C=O) groups is 1. The Morgan fingerprint density at radius 1 is 1.00 bits per heavy atom. The Bertz CT molecular complexity index is 968. The molecule has 168 valence electrons. The number of anilines is 1. The summed E-state index contributed by atoms with van der Waals surface area (Å²) in [5, 5.41) is 5.39. The predicted molar refractivity (Wildman–Crippen MR) is 132 cm³/mol.